The molecule has 1 fully saturated rings. The van der Waals surface area contributed by atoms with Crippen molar-refractivity contribution in [2.75, 3.05) is 0 Å². The van der Waals surface area contributed by atoms with Crippen LogP contribution < -0.4 is 10.6 Å². The minimum absolute atomic E-state index is 0.134. The van der Waals surface area contributed by atoms with Crippen LogP contribution in [0.1, 0.15) is 71.6 Å². The second kappa shape index (κ2) is 6.55. The predicted molar refractivity (Wildman–Crippen MR) is 85.6 cm³/mol. The Hall–Kier alpha value is -0.770. The van der Waals surface area contributed by atoms with Crippen molar-refractivity contribution < 1.29 is 9.68 Å². The molecule has 4 nitrogen and oxygen atoms in total. The zero-order valence-electron chi connectivity index (χ0n) is 13.6. The number of rotatable bonds is 6. The number of nitrogens with zero attached hydrogens (tertiary/aromatic N) is 1. The third kappa shape index (κ3) is 3.53. The second-order valence-corrected chi connectivity index (χ2v) is 7.49. The van der Waals surface area contributed by atoms with Crippen molar-refractivity contribution in [3.05, 3.63) is 0 Å². The van der Waals surface area contributed by atoms with Gasteiger partial charge in [-0.15, -0.1) is 0 Å². The molecular formula is C17H32N3O+. The molecule has 3 aliphatic rings. The Morgan fingerprint density at radius 3 is 2.67 bits per heavy atom. The van der Waals surface area contributed by atoms with E-state index in [9.17, 15) is 5.11 Å². The number of nitrogens with one attached hydrogen (secondary N) is 2. The number of hydrogen-bond donors (Lipinski definition) is 3. The molecule has 0 aromatic heterocycles. The average Bonchev–Trinajstić information content (AvgIpc) is 2.82. The lowest BCUT2D eigenvalue weighted by Gasteiger charge is -2.35. The lowest BCUT2D eigenvalue weighted by atomic mass is 9.97. The van der Waals surface area contributed by atoms with E-state index in [0.29, 0.717) is 12.1 Å². The maximum absolute atomic E-state index is 9.30. The first-order chi connectivity index (χ1) is 10.1. The minimum Gasteiger partial charge on any atom is -0.393 e. The topological polar surface area (TPSA) is 47.3 Å². The molecule has 0 saturated carbocycles. The Morgan fingerprint density at radius 2 is 1.90 bits per heavy atom. The van der Waals surface area contributed by atoms with Gasteiger partial charge in [0.1, 0.15) is 0 Å². The number of aliphatic hydroxyl groups is 1. The Bertz CT molecular complexity index is 393. The first-order valence-electron chi connectivity index (χ1n) is 9.00. The molecule has 21 heavy (non-hydrogen) atoms. The van der Waals surface area contributed by atoms with Gasteiger partial charge in [0.2, 0.25) is 0 Å². The van der Waals surface area contributed by atoms with Gasteiger partial charge in [-0.05, 0) is 39.5 Å². The van der Waals surface area contributed by atoms with E-state index in [-0.39, 0.29) is 6.10 Å². The molecule has 0 aromatic carbocycles. The normalized spacial score (nSPS) is 36.0. The Labute approximate surface area is 129 Å². The fourth-order valence-electron chi connectivity index (χ4n) is 4.46. The van der Waals surface area contributed by atoms with Crippen LogP contribution in [0.2, 0.25) is 0 Å². The van der Waals surface area contributed by atoms with Gasteiger partial charge in [0.05, 0.1) is 30.3 Å². The highest BCUT2D eigenvalue weighted by molar-refractivity contribution is 5.76. The predicted octanol–water partition coefficient (Wildman–Crippen LogP) is 1.96. The maximum atomic E-state index is 9.30. The summed E-state index contributed by atoms with van der Waals surface area (Å²) < 4.78 is 2.64. The zero-order valence-corrected chi connectivity index (χ0v) is 13.6. The van der Waals surface area contributed by atoms with E-state index in [2.05, 4.69) is 22.1 Å². The van der Waals surface area contributed by atoms with E-state index in [1.807, 2.05) is 6.92 Å². The summed E-state index contributed by atoms with van der Waals surface area (Å²) in [5.74, 6) is 1.32. The number of aliphatic hydroxyl groups excluding tert-OH is 1. The first kappa shape index (κ1) is 15.1. The van der Waals surface area contributed by atoms with E-state index in [4.69, 9.17) is 0 Å². The van der Waals surface area contributed by atoms with Crippen molar-refractivity contribution in [3.63, 3.8) is 0 Å². The van der Waals surface area contributed by atoms with Crippen LogP contribution in [0.3, 0.4) is 0 Å². The molecule has 0 unspecified atom stereocenters. The van der Waals surface area contributed by atoms with Gasteiger partial charge in [-0.2, -0.15) is 0 Å². The van der Waals surface area contributed by atoms with Crippen molar-refractivity contribution in [1.82, 2.24) is 10.6 Å². The molecule has 3 N–H and O–H groups in total. The SMILES string of the molecule is C[C@@H](O)CCCCC[C@@H]1C[C@@H]2CC[C@@H]3C[C@H](C)NC(=[N+]32)N1. The summed E-state index contributed by atoms with van der Waals surface area (Å²) in [6, 6.07) is 2.80. The molecule has 5 atom stereocenters. The molecule has 0 aromatic rings. The summed E-state index contributed by atoms with van der Waals surface area (Å²) in [5, 5.41) is 16.7. The largest absolute Gasteiger partial charge is 0.393 e. The third-order valence-electron chi connectivity index (χ3n) is 5.46. The Balaban J connectivity index is 1.49. The van der Waals surface area contributed by atoms with Gasteiger partial charge in [-0.1, -0.05) is 19.3 Å². The highest BCUT2D eigenvalue weighted by atomic mass is 16.3. The van der Waals surface area contributed by atoms with Gasteiger partial charge in [0.15, 0.2) is 0 Å². The lowest BCUT2D eigenvalue weighted by Crippen LogP contribution is -2.61. The molecule has 120 valence electrons. The van der Waals surface area contributed by atoms with Crippen LogP contribution in [-0.4, -0.2) is 45.9 Å². The van der Waals surface area contributed by atoms with Crippen molar-refractivity contribution >= 4 is 5.96 Å². The minimum atomic E-state index is -0.134. The Morgan fingerprint density at radius 1 is 1.14 bits per heavy atom. The summed E-state index contributed by atoms with van der Waals surface area (Å²) in [6.45, 7) is 4.19. The van der Waals surface area contributed by atoms with E-state index >= 15 is 0 Å². The summed E-state index contributed by atoms with van der Waals surface area (Å²) in [7, 11) is 0. The van der Waals surface area contributed by atoms with E-state index in [1.165, 1.54) is 50.9 Å². The molecule has 0 spiro atoms. The van der Waals surface area contributed by atoms with Crippen LogP contribution >= 0.6 is 0 Å². The van der Waals surface area contributed by atoms with Crippen molar-refractivity contribution in [1.29, 1.82) is 0 Å². The number of guanidine groups is 1. The van der Waals surface area contributed by atoms with Crippen LogP contribution in [-0.2, 0) is 0 Å². The lowest BCUT2D eigenvalue weighted by molar-refractivity contribution is -0.593. The van der Waals surface area contributed by atoms with Crippen molar-refractivity contribution in [3.8, 4) is 0 Å². The molecular weight excluding hydrogens is 262 g/mol. The summed E-state index contributed by atoms with van der Waals surface area (Å²) in [5.41, 5.74) is 0. The van der Waals surface area contributed by atoms with E-state index < -0.39 is 0 Å². The van der Waals surface area contributed by atoms with Crippen LogP contribution in [0.5, 0.6) is 0 Å². The summed E-state index contributed by atoms with van der Waals surface area (Å²) >= 11 is 0. The molecule has 0 bridgehead atoms. The molecule has 1 saturated heterocycles. The first-order valence-corrected chi connectivity index (χ1v) is 9.00. The average molecular weight is 294 g/mol. The van der Waals surface area contributed by atoms with Gasteiger partial charge in [-0.3, -0.25) is 15.2 Å². The Kier molecular flexibility index (Phi) is 4.72. The molecule has 0 aliphatic carbocycles. The van der Waals surface area contributed by atoms with E-state index in [1.54, 1.807) is 0 Å². The maximum Gasteiger partial charge on any atom is 0.346 e. The van der Waals surface area contributed by atoms with Crippen LogP contribution in [0.25, 0.3) is 0 Å². The molecule has 3 aliphatic heterocycles. The summed E-state index contributed by atoms with van der Waals surface area (Å²) in [4.78, 5) is 0. The van der Waals surface area contributed by atoms with E-state index in [0.717, 1.165) is 24.9 Å². The van der Waals surface area contributed by atoms with Crippen molar-refractivity contribution in [2.24, 2.45) is 0 Å². The monoisotopic (exact) mass is 294 g/mol. The highest BCUT2D eigenvalue weighted by Gasteiger charge is 2.44. The molecule has 0 amide bonds. The smallest absolute Gasteiger partial charge is 0.346 e. The van der Waals surface area contributed by atoms with Gasteiger partial charge < -0.3 is 5.11 Å². The fraction of sp³-hybridized carbons (Fsp3) is 0.941. The van der Waals surface area contributed by atoms with Gasteiger partial charge >= 0.3 is 5.96 Å². The fourth-order valence-corrected chi connectivity index (χ4v) is 4.46. The van der Waals surface area contributed by atoms with Gasteiger partial charge in [0.25, 0.3) is 0 Å². The molecule has 3 heterocycles. The van der Waals surface area contributed by atoms with Crippen LogP contribution in [0, 0.1) is 0 Å². The molecule has 3 rings (SSSR count). The van der Waals surface area contributed by atoms with Gasteiger partial charge in [-0.25, -0.2) is 0 Å². The highest BCUT2D eigenvalue weighted by Crippen LogP contribution is 2.31. The van der Waals surface area contributed by atoms with Crippen molar-refractivity contribution in [2.45, 2.75) is 102 Å². The van der Waals surface area contributed by atoms with Gasteiger partial charge in [0, 0.05) is 12.8 Å². The number of unbranched alkanes of at least 4 members (excludes halogenated alkanes) is 2. The van der Waals surface area contributed by atoms with Crippen LogP contribution in [0.4, 0.5) is 0 Å². The number of hydrogen-bond acceptors (Lipinski definition) is 3. The standard InChI is InChI=1S/C17H31N3O/c1-12-10-15-8-9-16-11-14(19-17(18-12)20(15)16)7-5-3-4-6-13(2)21/h12-16,21H,3-11H2,1-2H3,(H,18,19)/p+1/t12-,13+,14+,15+,16-/m0/s1. The second-order valence-electron chi connectivity index (χ2n) is 7.49. The molecule has 4 heteroatoms. The molecule has 0 radical (unpaired) electrons. The summed E-state index contributed by atoms with van der Waals surface area (Å²) in [6.07, 6.45) is 11.1. The quantitative estimate of drug-likeness (QED) is 0.518. The third-order valence-corrected chi connectivity index (χ3v) is 5.46. The zero-order chi connectivity index (χ0) is 14.8. The van der Waals surface area contributed by atoms with Crippen LogP contribution in [0.15, 0.2) is 0 Å².